The van der Waals surface area contributed by atoms with Gasteiger partial charge in [0.1, 0.15) is 11.6 Å². The average Bonchev–Trinajstić information content (AvgIpc) is 2.65. The fraction of sp³-hybridized carbons (Fsp3) is 0.200. The highest BCUT2D eigenvalue weighted by atomic mass is 16.5. The van der Waals surface area contributed by atoms with E-state index in [1.54, 1.807) is 6.20 Å². The van der Waals surface area contributed by atoms with Gasteiger partial charge in [0.05, 0.1) is 6.61 Å². The molecule has 0 spiro atoms. The van der Waals surface area contributed by atoms with Crippen LogP contribution in [0.3, 0.4) is 0 Å². The summed E-state index contributed by atoms with van der Waals surface area (Å²) in [4.78, 5) is 8.76. The molecule has 25 heavy (non-hydrogen) atoms. The van der Waals surface area contributed by atoms with E-state index in [4.69, 9.17) is 4.74 Å². The first kappa shape index (κ1) is 16.8. The van der Waals surface area contributed by atoms with Gasteiger partial charge in [-0.25, -0.2) is 4.98 Å². The molecule has 2 N–H and O–H groups in total. The molecule has 0 bridgehead atoms. The molecule has 0 fully saturated rings. The number of anilines is 3. The summed E-state index contributed by atoms with van der Waals surface area (Å²) in [5, 5.41) is 6.54. The maximum absolute atomic E-state index is 5.44. The van der Waals surface area contributed by atoms with Crippen molar-refractivity contribution in [3.05, 3.63) is 72.4 Å². The SMILES string of the molecule is CCOc1ccc(Nc2nccc(NCCc3ccccc3)n2)cc1. The van der Waals surface area contributed by atoms with Crippen LogP contribution in [0.15, 0.2) is 66.9 Å². The highest BCUT2D eigenvalue weighted by molar-refractivity contribution is 5.55. The third kappa shape index (κ3) is 5.21. The smallest absolute Gasteiger partial charge is 0.229 e. The Kier molecular flexibility index (Phi) is 5.82. The number of hydrogen-bond donors (Lipinski definition) is 2. The lowest BCUT2D eigenvalue weighted by atomic mass is 10.1. The summed E-state index contributed by atoms with van der Waals surface area (Å²) in [7, 11) is 0. The quantitative estimate of drug-likeness (QED) is 0.644. The monoisotopic (exact) mass is 334 g/mol. The van der Waals surface area contributed by atoms with Crippen LogP contribution in [0.5, 0.6) is 5.75 Å². The number of benzene rings is 2. The molecule has 0 saturated heterocycles. The van der Waals surface area contributed by atoms with Crippen LogP contribution in [0, 0.1) is 0 Å². The van der Waals surface area contributed by atoms with E-state index in [1.165, 1.54) is 5.56 Å². The van der Waals surface area contributed by atoms with Crippen LogP contribution in [0.4, 0.5) is 17.5 Å². The molecule has 1 aromatic heterocycles. The normalized spacial score (nSPS) is 10.3. The maximum Gasteiger partial charge on any atom is 0.229 e. The molecule has 0 amide bonds. The molecule has 2 aromatic carbocycles. The number of rotatable bonds is 8. The highest BCUT2D eigenvalue weighted by Gasteiger charge is 2.01. The van der Waals surface area contributed by atoms with Gasteiger partial charge in [0.25, 0.3) is 0 Å². The van der Waals surface area contributed by atoms with E-state index < -0.39 is 0 Å². The number of nitrogens with zero attached hydrogens (tertiary/aromatic N) is 2. The van der Waals surface area contributed by atoms with E-state index in [-0.39, 0.29) is 0 Å². The van der Waals surface area contributed by atoms with E-state index in [2.05, 4.69) is 44.9 Å². The number of nitrogens with one attached hydrogen (secondary N) is 2. The Balaban J connectivity index is 1.55. The first-order valence-corrected chi connectivity index (χ1v) is 8.44. The molecule has 0 saturated carbocycles. The molecule has 0 aliphatic heterocycles. The molecule has 0 aliphatic carbocycles. The molecule has 0 atom stereocenters. The van der Waals surface area contributed by atoms with Gasteiger partial charge in [0, 0.05) is 18.4 Å². The van der Waals surface area contributed by atoms with Crippen molar-refractivity contribution in [1.29, 1.82) is 0 Å². The van der Waals surface area contributed by atoms with E-state index in [1.807, 2.05) is 43.3 Å². The minimum atomic E-state index is 0.564. The first-order chi connectivity index (χ1) is 12.3. The lowest BCUT2D eigenvalue weighted by Gasteiger charge is -2.09. The average molecular weight is 334 g/mol. The number of aromatic nitrogens is 2. The Hall–Kier alpha value is -3.08. The Morgan fingerprint density at radius 1 is 0.960 bits per heavy atom. The lowest BCUT2D eigenvalue weighted by Crippen LogP contribution is -2.07. The summed E-state index contributed by atoms with van der Waals surface area (Å²) in [6.45, 7) is 3.45. The maximum atomic E-state index is 5.44. The van der Waals surface area contributed by atoms with Crippen LogP contribution < -0.4 is 15.4 Å². The fourth-order valence-electron chi connectivity index (χ4n) is 2.43. The summed E-state index contributed by atoms with van der Waals surface area (Å²) < 4.78 is 5.44. The van der Waals surface area contributed by atoms with Crippen molar-refractivity contribution < 1.29 is 4.74 Å². The predicted octanol–water partition coefficient (Wildman–Crippen LogP) is 4.27. The zero-order valence-corrected chi connectivity index (χ0v) is 14.3. The molecule has 0 unspecified atom stereocenters. The molecule has 3 aromatic rings. The summed E-state index contributed by atoms with van der Waals surface area (Å²) in [5.41, 5.74) is 2.22. The van der Waals surface area contributed by atoms with E-state index >= 15 is 0 Å². The minimum Gasteiger partial charge on any atom is -0.494 e. The van der Waals surface area contributed by atoms with Crippen molar-refractivity contribution in [1.82, 2.24) is 9.97 Å². The summed E-state index contributed by atoms with van der Waals surface area (Å²) in [6.07, 6.45) is 2.70. The van der Waals surface area contributed by atoms with Crippen molar-refractivity contribution in [3.63, 3.8) is 0 Å². The second-order valence-corrected chi connectivity index (χ2v) is 5.51. The van der Waals surface area contributed by atoms with Crippen LogP contribution in [0.2, 0.25) is 0 Å². The molecule has 0 radical (unpaired) electrons. The standard InChI is InChI=1S/C20H22N4O/c1-2-25-18-10-8-17(9-11-18)23-20-22-15-13-19(24-20)21-14-12-16-6-4-3-5-7-16/h3-11,13,15H,2,12,14H2,1H3,(H2,21,22,23,24). The van der Waals surface area contributed by atoms with Gasteiger partial charge >= 0.3 is 0 Å². The predicted molar refractivity (Wildman–Crippen MR) is 102 cm³/mol. The Labute approximate surface area is 148 Å². The third-order valence-corrected chi connectivity index (χ3v) is 3.64. The largest absolute Gasteiger partial charge is 0.494 e. The molecular formula is C20H22N4O. The highest BCUT2D eigenvalue weighted by Crippen LogP contribution is 2.18. The molecule has 0 aliphatic rings. The number of ether oxygens (including phenoxy) is 1. The Morgan fingerprint density at radius 2 is 1.76 bits per heavy atom. The molecule has 128 valence electrons. The topological polar surface area (TPSA) is 59.1 Å². The van der Waals surface area contributed by atoms with Crippen molar-refractivity contribution in [2.24, 2.45) is 0 Å². The van der Waals surface area contributed by atoms with Crippen molar-refractivity contribution in [3.8, 4) is 5.75 Å². The fourth-order valence-corrected chi connectivity index (χ4v) is 2.43. The summed E-state index contributed by atoms with van der Waals surface area (Å²) in [5.74, 6) is 2.22. The van der Waals surface area contributed by atoms with Gasteiger partial charge in [-0.2, -0.15) is 4.98 Å². The van der Waals surface area contributed by atoms with E-state index in [9.17, 15) is 0 Å². The molecular weight excluding hydrogens is 312 g/mol. The van der Waals surface area contributed by atoms with Crippen LogP contribution in [0.25, 0.3) is 0 Å². The van der Waals surface area contributed by atoms with Gasteiger partial charge in [0.2, 0.25) is 5.95 Å². The minimum absolute atomic E-state index is 0.564. The first-order valence-electron chi connectivity index (χ1n) is 8.44. The lowest BCUT2D eigenvalue weighted by molar-refractivity contribution is 0.340. The zero-order valence-electron chi connectivity index (χ0n) is 14.3. The van der Waals surface area contributed by atoms with E-state index in [0.29, 0.717) is 12.6 Å². The van der Waals surface area contributed by atoms with Crippen LogP contribution in [0.1, 0.15) is 12.5 Å². The van der Waals surface area contributed by atoms with Crippen LogP contribution in [-0.4, -0.2) is 23.1 Å². The van der Waals surface area contributed by atoms with Gasteiger partial charge < -0.3 is 15.4 Å². The van der Waals surface area contributed by atoms with Gasteiger partial charge in [0.15, 0.2) is 0 Å². The zero-order chi connectivity index (χ0) is 17.3. The van der Waals surface area contributed by atoms with E-state index in [0.717, 1.165) is 30.2 Å². The second-order valence-electron chi connectivity index (χ2n) is 5.51. The van der Waals surface area contributed by atoms with Crippen molar-refractivity contribution in [2.75, 3.05) is 23.8 Å². The van der Waals surface area contributed by atoms with Gasteiger partial charge in [-0.3, -0.25) is 0 Å². The summed E-state index contributed by atoms with van der Waals surface area (Å²) in [6, 6.07) is 20.0. The van der Waals surface area contributed by atoms with Gasteiger partial charge in [-0.15, -0.1) is 0 Å². The van der Waals surface area contributed by atoms with Crippen LogP contribution in [-0.2, 0) is 6.42 Å². The van der Waals surface area contributed by atoms with Crippen molar-refractivity contribution >= 4 is 17.5 Å². The molecule has 5 heteroatoms. The molecule has 3 rings (SSSR count). The van der Waals surface area contributed by atoms with Gasteiger partial charge in [-0.1, -0.05) is 30.3 Å². The summed E-state index contributed by atoms with van der Waals surface area (Å²) >= 11 is 0. The molecule has 1 heterocycles. The number of hydrogen-bond acceptors (Lipinski definition) is 5. The Bertz CT molecular complexity index is 775. The molecule has 5 nitrogen and oxygen atoms in total. The van der Waals surface area contributed by atoms with Crippen LogP contribution >= 0.6 is 0 Å². The Morgan fingerprint density at radius 3 is 2.52 bits per heavy atom. The van der Waals surface area contributed by atoms with Crippen molar-refractivity contribution in [2.45, 2.75) is 13.3 Å². The second kappa shape index (κ2) is 8.68. The van der Waals surface area contributed by atoms with Gasteiger partial charge in [-0.05, 0) is 49.2 Å². The third-order valence-electron chi connectivity index (χ3n) is 3.64.